The summed E-state index contributed by atoms with van der Waals surface area (Å²) < 4.78 is 5.39. The number of ether oxygens (including phenoxy) is 1. The van der Waals surface area contributed by atoms with Crippen molar-refractivity contribution in [1.29, 1.82) is 0 Å². The van der Waals surface area contributed by atoms with Crippen molar-refractivity contribution in [3.63, 3.8) is 0 Å². The largest absolute Gasteiger partial charge is 0.368 e. The summed E-state index contributed by atoms with van der Waals surface area (Å²) in [5, 5.41) is 5.79. The minimum atomic E-state index is -0.361. The fourth-order valence-electron chi connectivity index (χ4n) is 3.17. The summed E-state index contributed by atoms with van der Waals surface area (Å²) in [4.78, 5) is 26.6. The Morgan fingerprint density at radius 2 is 1.71 bits per heavy atom. The Labute approximate surface area is 165 Å². The van der Waals surface area contributed by atoms with E-state index in [9.17, 15) is 9.59 Å². The molecule has 0 saturated carbocycles. The van der Waals surface area contributed by atoms with E-state index in [1.807, 2.05) is 30.3 Å². The number of hydrogen-bond acceptors (Lipinski definition) is 3. The predicted molar refractivity (Wildman–Crippen MR) is 110 cm³/mol. The van der Waals surface area contributed by atoms with Crippen LogP contribution in [0.15, 0.2) is 54.6 Å². The summed E-state index contributed by atoms with van der Waals surface area (Å²) in [6, 6.07) is 16.9. The van der Waals surface area contributed by atoms with Gasteiger partial charge in [0.2, 0.25) is 0 Å². The van der Waals surface area contributed by atoms with Gasteiger partial charge in [0.05, 0.1) is 0 Å². The van der Waals surface area contributed by atoms with Crippen LogP contribution in [0.3, 0.4) is 0 Å². The highest BCUT2D eigenvalue weighted by atomic mass is 16.5. The molecule has 1 atom stereocenters. The van der Waals surface area contributed by atoms with Crippen molar-refractivity contribution in [1.82, 2.24) is 4.90 Å². The second kappa shape index (κ2) is 9.90. The third kappa shape index (κ3) is 5.57. The van der Waals surface area contributed by atoms with E-state index in [0.29, 0.717) is 31.1 Å². The molecule has 0 spiro atoms. The van der Waals surface area contributed by atoms with E-state index in [2.05, 4.69) is 17.6 Å². The molecule has 0 unspecified atom stereocenters. The molecule has 1 aliphatic heterocycles. The lowest BCUT2D eigenvalue weighted by atomic mass is 10.2. The third-order valence-corrected chi connectivity index (χ3v) is 4.62. The fraction of sp³-hybridized carbons (Fsp3) is 0.364. The Morgan fingerprint density at radius 3 is 2.32 bits per heavy atom. The van der Waals surface area contributed by atoms with Crippen LogP contribution in [0.4, 0.5) is 16.2 Å². The second-order valence-corrected chi connectivity index (χ2v) is 6.91. The highest BCUT2D eigenvalue weighted by molar-refractivity contribution is 5.95. The van der Waals surface area contributed by atoms with Crippen molar-refractivity contribution in [2.45, 2.75) is 38.8 Å². The molecular weight excluding hydrogens is 354 g/mol. The molecule has 1 aliphatic rings. The minimum absolute atomic E-state index is 0.119. The SMILES string of the molecule is CCCN(Cc1ccccc1)C(=O)Nc1ccc(NC(=O)[C@@H]2CCCO2)cc1. The summed E-state index contributed by atoms with van der Waals surface area (Å²) in [5.74, 6) is -0.119. The van der Waals surface area contributed by atoms with Gasteiger partial charge in [-0.15, -0.1) is 0 Å². The fourth-order valence-corrected chi connectivity index (χ4v) is 3.17. The number of benzene rings is 2. The summed E-state index contributed by atoms with van der Waals surface area (Å²) in [6.07, 6.45) is 2.20. The molecule has 3 rings (SSSR count). The molecule has 3 amide bonds. The number of anilines is 2. The molecule has 148 valence electrons. The van der Waals surface area contributed by atoms with Crippen LogP contribution in [0.2, 0.25) is 0 Å². The first-order valence-electron chi connectivity index (χ1n) is 9.78. The topological polar surface area (TPSA) is 70.7 Å². The number of hydrogen-bond donors (Lipinski definition) is 2. The Balaban J connectivity index is 1.56. The molecule has 0 aromatic heterocycles. The molecule has 2 aromatic rings. The number of urea groups is 1. The van der Waals surface area contributed by atoms with Gasteiger partial charge in [0.15, 0.2) is 0 Å². The van der Waals surface area contributed by atoms with Crippen LogP contribution >= 0.6 is 0 Å². The number of nitrogens with zero attached hydrogens (tertiary/aromatic N) is 1. The van der Waals surface area contributed by atoms with E-state index in [-0.39, 0.29) is 18.0 Å². The van der Waals surface area contributed by atoms with Crippen LogP contribution < -0.4 is 10.6 Å². The van der Waals surface area contributed by atoms with Gasteiger partial charge in [0.1, 0.15) is 6.10 Å². The van der Waals surface area contributed by atoms with Gasteiger partial charge in [-0.05, 0) is 49.1 Å². The zero-order chi connectivity index (χ0) is 19.8. The molecule has 2 aromatic carbocycles. The Hall–Kier alpha value is -2.86. The molecule has 1 fully saturated rings. The molecule has 6 nitrogen and oxygen atoms in total. The van der Waals surface area contributed by atoms with Crippen molar-refractivity contribution >= 4 is 23.3 Å². The lowest BCUT2D eigenvalue weighted by Gasteiger charge is -2.23. The number of amides is 3. The summed E-state index contributed by atoms with van der Waals surface area (Å²) >= 11 is 0. The molecule has 28 heavy (non-hydrogen) atoms. The smallest absolute Gasteiger partial charge is 0.322 e. The Bertz CT molecular complexity index is 771. The number of carbonyl (C=O) groups is 2. The highest BCUT2D eigenvalue weighted by Crippen LogP contribution is 2.18. The van der Waals surface area contributed by atoms with Gasteiger partial charge in [-0.25, -0.2) is 4.79 Å². The van der Waals surface area contributed by atoms with Gasteiger partial charge in [-0.1, -0.05) is 37.3 Å². The molecule has 0 bridgehead atoms. The zero-order valence-corrected chi connectivity index (χ0v) is 16.2. The molecule has 6 heteroatoms. The first-order valence-corrected chi connectivity index (χ1v) is 9.78. The van der Waals surface area contributed by atoms with Gasteiger partial charge < -0.3 is 20.3 Å². The van der Waals surface area contributed by atoms with E-state index in [4.69, 9.17) is 4.74 Å². The summed E-state index contributed by atoms with van der Waals surface area (Å²) in [6.45, 7) is 3.93. The van der Waals surface area contributed by atoms with Gasteiger partial charge in [-0.2, -0.15) is 0 Å². The first-order chi connectivity index (χ1) is 13.7. The predicted octanol–water partition coefficient (Wildman–Crippen LogP) is 4.25. The monoisotopic (exact) mass is 381 g/mol. The molecule has 0 aliphatic carbocycles. The normalized spacial score (nSPS) is 15.8. The van der Waals surface area contributed by atoms with E-state index >= 15 is 0 Å². The van der Waals surface area contributed by atoms with Crippen LogP contribution in [0.1, 0.15) is 31.7 Å². The van der Waals surface area contributed by atoms with Crippen LogP contribution in [0, 0.1) is 0 Å². The van der Waals surface area contributed by atoms with Crippen molar-refractivity contribution in [3.8, 4) is 0 Å². The number of rotatable bonds is 7. The van der Waals surface area contributed by atoms with Crippen LogP contribution in [0.25, 0.3) is 0 Å². The van der Waals surface area contributed by atoms with Gasteiger partial charge in [-0.3, -0.25) is 4.79 Å². The standard InChI is InChI=1S/C22H27N3O3/c1-2-14-25(16-17-7-4-3-5-8-17)22(27)24-19-12-10-18(11-13-19)23-21(26)20-9-6-15-28-20/h3-5,7-8,10-13,20H,2,6,9,14-16H2,1H3,(H,23,26)(H,24,27)/t20-/m0/s1. The van der Waals surface area contributed by atoms with Crippen molar-refractivity contribution in [2.75, 3.05) is 23.8 Å². The van der Waals surface area contributed by atoms with Crippen LogP contribution in [-0.2, 0) is 16.1 Å². The minimum Gasteiger partial charge on any atom is -0.368 e. The molecule has 2 N–H and O–H groups in total. The molecule has 1 heterocycles. The van der Waals surface area contributed by atoms with Crippen LogP contribution in [-0.4, -0.2) is 36.1 Å². The average molecular weight is 381 g/mol. The van der Waals surface area contributed by atoms with E-state index in [0.717, 1.165) is 24.8 Å². The van der Waals surface area contributed by atoms with Gasteiger partial charge in [0.25, 0.3) is 5.91 Å². The Kier molecular flexibility index (Phi) is 7.03. The lowest BCUT2D eigenvalue weighted by Crippen LogP contribution is -2.35. The van der Waals surface area contributed by atoms with Crippen molar-refractivity contribution in [2.24, 2.45) is 0 Å². The lowest BCUT2D eigenvalue weighted by molar-refractivity contribution is -0.124. The van der Waals surface area contributed by atoms with E-state index in [1.165, 1.54) is 0 Å². The Morgan fingerprint density at radius 1 is 1.04 bits per heavy atom. The number of carbonyl (C=O) groups excluding carboxylic acids is 2. The van der Waals surface area contributed by atoms with Crippen molar-refractivity contribution < 1.29 is 14.3 Å². The van der Waals surface area contributed by atoms with Crippen LogP contribution in [0.5, 0.6) is 0 Å². The summed E-state index contributed by atoms with van der Waals surface area (Å²) in [7, 11) is 0. The van der Waals surface area contributed by atoms with E-state index in [1.54, 1.807) is 29.2 Å². The molecule has 1 saturated heterocycles. The second-order valence-electron chi connectivity index (χ2n) is 6.91. The third-order valence-electron chi connectivity index (χ3n) is 4.62. The maximum Gasteiger partial charge on any atom is 0.322 e. The first kappa shape index (κ1) is 19.9. The number of nitrogens with one attached hydrogen (secondary N) is 2. The molecular formula is C22H27N3O3. The molecule has 0 radical (unpaired) electrons. The van der Waals surface area contributed by atoms with Crippen molar-refractivity contribution in [3.05, 3.63) is 60.2 Å². The van der Waals surface area contributed by atoms with E-state index < -0.39 is 0 Å². The van der Waals surface area contributed by atoms with Gasteiger partial charge >= 0.3 is 6.03 Å². The maximum absolute atomic E-state index is 12.7. The average Bonchev–Trinajstić information content (AvgIpc) is 3.25. The zero-order valence-electron chi connectivity index (χ0n) is 16.2. The highest BCUT2D eigenvalue weighted by Gasteiger charge is 2.23. The van der Waals surface area contributed by atoms with Gasteiger partial charge in [0, 0.05) is 31.1 Å². The maximum atomic E-state index is 12.7. The summed E-state index contributed by atoms with van der Waals surface area (Å²) in [5.41, 5.74) is 2.47. The quantitative estimate of drug-likeness (QED) is 0.753.